The van der Waals surface area contributed by atoms with Gasteiger partial charge in [-0.15, -0.1) is 0 Å². The highest BCUT2D eigenvalue weighted by molar-refractivity contribution is 5.78. The van der Waals surface area contributed by atoms with Crippen LogP contribution in [-0.2, 0) is 17.4 Å². The van der Waals surface area contributed by atoms with E-state index in [1.165, 1.54) is 17.8 Å². The molecular weight excluding hydrogens is 407 g/mol. The fourth-order valence-electron chi connectivity index (χ4n) is 3.61. The van der Waals surface area contributed by atoms with Crippen LogP contribution in [0.15, 0.2) is 48.5 Å². The molecule has 0 saturated carbocycles. The highest BCUT2D eigenvalue weighted by atomic mass is 19.4. The number of amides is 1. The number of benzene rings is 2. The molecule has 1 heterocycles. The molecule has 8 heteroatoms. The fourth-order valence-corrected chi connectivity index (χ4v) is 3.61. The normalized spacial score (nSPS) is 15.0. The van der Waals surface area contributed by atoms with Crippen molar-refractivity contribution in [2.24, 2.45) is 0 Å². The standard InChI is InChI=1S/C23H28F3N3O2/c1-31-21-9-7-20(8-10-21)29-15-13-28(14-16-29)12-2-11-27-22(30)17-18-3-5-19(6-4-18)23(24,25)26/h3-10H,2,11-17H2,1H3,(H,27,30). The minimum Gasteiger partial charge on any atom is -0.497 e. The summed E-state index contributed by atoms with van der Waals surface area (Å²) in [6.07, 6.45) is -3.44. The van der Waals surface area contributed by atoms with Gasteiger partial charge in [0.1, 0.15) is 5.75 Å². The number of nitrogens with zero attached hydrogens (tertiary/aromatic N) is 2. The Kier molecular flexibility index (Phi) is 7.79. The van der Waals surface area contributed by atoms with Crippen molar-refractivity contribution in [1.29, 1.82) is 0 Å². The van der Waals surface area contributed by atoms with Crippen LogP contribution in [0.25, 0.3) is 0 Å². The Hall–Kier alpha value is -2.74. The van der Waals surface area contributed by atoms with Crippen LogP contribution in [0.3, 0.4) is 0 Å². The summed E-state index contributed by atoms with van der Waals surface area (Å²) < 4.78 is 43.0. The van der Waals surface area contributed by atoms with Crippen LogP contribution < -0.4 is 15.0 Å². The van der Waals surface area contributed by atoms with Crippen LogP contribution in [0.4, 0.5) is 18.9 Å². The van der Waals surface area contributed by atoms with Crippen molar-refractivity contribution in [2.75, 3.05) is 51.3 Å². The number of nitrogens with one attached hydrogen (secondary N) is 1. The van der Waals surface area contributed by atoms with Gasteiger partial charge in [0.2, 0.25) is 5.91 Å². The van der Waals surface area contributed by atoms with Gasteiger partial charge < -0.3 is 15.0 Å². The van der Waals surface area contributed by atoms with E-state index < -0.39 is 11.7 Å². The zero-order valence-electron chi connectivity index (χ0n) is 17.6. The second-order valence-electron chi connectivity index (χ2n) is 7.60. The maximum atomic E-state index is 12.6. The van der Waals surface area contributed by atoms with Gasteiger partial charge in [0.15, 0.2) is 0 Å². The molecule has 2 aromatic carbocycles. The third kappa shape index (κ3) is 6.89. The molecule has 2 aromatic rings. The smallest absolute Gasteiger partial charge is 0.416 e. The molecule has 0 bridgehead atoms. The molecule has 3 rings (SSSR count). The molecule has 0 spiro atoms. The quantitative estimate of drug-likeness (QED) is 0.644. The number of halogens is 3. The highest BCUT2D eigenvalue weighted by Crippen LogP contribution is 2.29. The van der Waals surface area contributed by atoms with E-state index in [0.717, 1.165) is 57.0 Å². The van der Waals surface area contributed by atoms with E-state index in [1.54, 1.807) is 7.11 Å². The van der Waals surface area contributed by atoms with E-state index in [-0.39, 0.29) is 12.3 Å². The number of methoxy groups -OCH3 is 1. The summed E-state index contributed by atoms with van der Waals surface area (Å²) in [5.41, 5.74) is 1.06. The van der Waals surface area contributed by atoms with Crippen LogP contribution in [0.2, 0.25) is 0 Å². The molecule has 0 radical (unpaired) electrons. The predicted molar refractivity (Wildman–Crippen MR) is 114 cm³/mol. The number of rotatable bonds is 8. The molecule has 0 aliphatic carbocycles. The Labute approximate surface area is 180 Å². The van der Waals surface area contributed by atoms with E-state index in [0.29, 0.717) is 12.1 Å². The van der Waals surface area contributed by atoms with Crippen molar-refractivity contribution >= 4 is 11.6 Å². The minimum atomic E-state index is -4.36. The summed E-state index contributed by atoms with van der Waals surface area (Å²) >= 11 is 0. The number of anilines is 1. The van der Waals surface area contributed by atoms with E-state index in [9.17, 15) is 18.0 Å². The lowest BCUT2D eigenvalue weighted by molar-refractivity contribution is -0.137. The van der Waals surface area contributed by atoms with Gasteiger partial charge in [-0.25, -0.2) is 0 Å². The van der Waals surface area contributed by atoms with Gasteiger partial charge in [0.25, 0.3) is 0 Å². The summed E-state index contributed by atoms with van der Waals surface area (Å²) in [6.45, 7) is 5.28. The number of hydrogen-bond donors (Lipinski definition) is 1. The zero-order valence-corrected chi connectivity index (χ0v) is 17.6. The van der Waals surface area contributed by atoms with Gasteiger partial charge in [-0.1, -0.05) is 12.1 Å². The van der Waals surface area contributed by atoms with Gasteiger partial charge in [-0.05, 0) is 54.9 Å². The Bertz CT molecular complexity index is 831. The Morgan fingerprint density at radius 3 is 2.23 bits per heavy atom. The first-order valence-electron chi connectivity index (χ1n) is 10.4. The molecule has 0 aromatic heterocycles. The molecule has 5 nitrogen and oxygen atoms in total. The van der Waals surface area contributed by atoms with E-state index in [1.807, 2.05) is 12.1 Å². The second-order valence-corrected chi connectivity index (χ2v) is 7.60. The number of piperazine rings is 1. The summed E-state index contributed by atoms with van der Waals surface area (Å²) in [4.78, 5) is 16.8. The Balaban J connectivity index is 1.31. The predicted octanol–water partition coefficient (Wildman–Crippen LogP) is 3.59. The van der Waals surface area contributed by atoms with Gasteiger partial charge in [-0.3, -0.25) is 9.69 Å². The lowest BCUT2D eigenvalue weighted by atomic mass is 10.1. The maximum absolute atomic E-state index is 12.6. The number of ether oxygens (including phenoxy) is 1. The first-order chi connectivity index (χ1) is 14.8. The van der Waals surface area contributed by atoms with Crippen molar-refractivity contribution in [3.8, 4) is 5.75 Å². The summed E-state index contributed by atoms with van der Waals surface area (Å²) in [5.74, 6) is 0.673. The largest absolute Gasteiger partial charge is 0.497 e. The Morgan fingerprint density at radius 1 is 1.00 bits per heavy atom. The number of hydrogen-bond acceptors (Lipinski definition) is 4. The monoisotopic (exact) mass is 435 g/mol. The highest BCUT2D eigenvalue weighted by Gasteiger charge is 2.30. The first-order valence-corrected chi connectivity index (χ1v) is 10.4. The van der Waals surface area contributed by atoms with E-state index >= 15 is 0 Å². The number of alkyl halides is 3. The summed E-state index contributed by atoms with van der Waals surface area (Å²) in [7, 11) is 1.66. The molecular formula is C23H28F3N3O2. The zero-order chi connectivity index (χ0) is 22.3. The molecule has 1 aliphatic rings. The van der Waals surface area contributed by atoms with Crippen LogP contribution in [0, 0.1) is 0 Å². The Morgan fingerprint density at radius 2 is 1.65 bits per heavy atom. The van der Waals surface area contributed by atoms with E-state index in [2.05, 4.69) is 27.2 Å². The summed E-state index contributed by atoms with van der Waals surface area (Å²) in [6, 6.07) is 12.8. The molecule has 1 fully saturated rings. The lowest BCUT2D eigenvalue weighted by Gasteiger charge is -2.36. The van der Waals surface area contributed by atoms with Crippen molar-refractivity contribution in [3.05, 3.63) is 59.7 Å². The van der Waals surface area contributed by atoms with Gasteiger partial charge in [0.05, 0.1) is 19.1 Å². The van der Waals surface area contributed by atoms with Crippen molar-refractivity contribution < 1.29 is 22.7 Å². The average Bonchev–Trinajstić information content (AvgIpc) is 2.77. The van der Waals surface area contributed by atoms with Crippen molar-refractivity contribution in [1.82, 2.24) is 10.2 Å². The van der Waals surface area contributed by atoms with E-state index in [4.69, 9.17) is 4.74 Å². The lowest BCUT2D eigenvalue weighted by Crippen LogP contribution is -2.47. The van der Waals surface area contributed by atoms with Gasteiger partial charge in [-0.2, -0.15) is 13.2 Å². The van der Waals surface area contributed by atoms with Crippen LogP contribution in [0.5, 0.6) is 5.75 Å². The first kappa shape index (κ1) is 22.9. The van der Waals surface area contributed by atoms with Crippen LogP contribution >= 0.6 is 0 Å². The number of carbonyl (C=O) groups is 1. The van der Waals surface area contributed by atoms with Crippen LogP contribution in [-0.4, -0.2) is 57.2 Å². The van der Waals surface area contributed by atoms with Gasteiger partial charge >= 0.3 is 6.18 Å². The third-order valence-corrected chi connectivity index (χ3v) is 5.43. The topological polar surface area (TPSA) is 44.8 Å². The molecule has 1 saturated heterocycles. The molecule has 0 unspecified atom stereocenters. The summed E-state index contributed by atoms with van der Waals surface area (Å²) in [5, 5.41) is 2.85. The SMILES string of the molecule is COc1ccc(N2CCN(CCCNC(=O)Cc3ccc(C(F)(F)F)cc3)CC2)cc1. The van der Waals surface area contributed by atoms with Crippen molar-refractivity contribution in [3.63, 3.8) is 0 Å². The molecule has 1 aliphatic heterocycles. The second kappa shape index (κ2) is 10.5. The molecule has 168 valence electrons. The van der Waals surface area contributed by atoms with Crippen LogP contribution in [0.1, 0.15) is 17.5 Å². The molecule has 0 atom stereocenters. The molecule has 31 heavy (non-hydrogen) atoms. The minimum absolute atomic E-state index is 0.0820. The molecule has 1 amide bonds. The fraction of sp³-hybridized carbons (Fsp3) is 0.435. The third-order valence-electron chi connectivity index (χ3n) is 5.43. The maximum Gasteiger partial charge on any atom is 0.416 e. The molecule has 1 N–H and O–H groups in total. The average molecular weight is 435 g/mol. The number of carbonyl (C=O) groups excluding carboxylic acids is 1. The van der Waals surface area contributed by atoms with Crippen molar-refractivity contribution in [2.45, 2.75) is 19.0 Å². The van der Waals surface area contributed by atoms with Gasteiger partial charge in [0, 0.05) is 38.4 Å².